The largest absolute Gasteiger partial charge is 0.449 e. The molecule has 9 nitrogen and oxygen atoms in total. The van der Waals surface area contributed by atoms with Crippen LogP contribution in [-0.4, -0.2) is 20.2 Å². The Morgan fingerprint density at radius 1 is 1.12 bits per heavy atom. The number of fused-ring (bicyclic) bond motifs is 3. The minimum absolute atomic E-state index is 0.0970. The summed E-state index contributed by atoms with van der Waals surface area (Å²) in [4.78, 5) is 39.3. The summed E-state index contributed by atoms with van der Waals surface area (Å²) >= 11 is 0. The van der Waals surface area contributed by atoms with Crippen LogP contribution in [0.25, 0.3) is 27.8 Å². The molecule has 0 fully saturated rings. The maximum Gasteiger partial charge on any atom is 0.336 e. The Morgan fingerprint density at radius 2 is 1.88 bits per heavy atom. The summed E-state index contributed by atoms with van der Waals surface area (Å²) in [6, 6.07) is 13.2. The molecule has 2 aromatic carbocycles. The van der Waals surface area contributed by atoms with Crippen molar-refractivity contribution in [1.82, 2.24) is 14.3 Å². The smallest absolute Gasteiger partial charge is 0.336 e. The van der Waals surface area contributed by atoms with Gasteiger partial charge in [0.25, 0.3) is 0 Å². The Balaban J connectivity index is 1.73. The minimum atomic E-state index is -0.771. The van der Waals surface area contributed by atoms with E-state index in [0.717, 1.165) is 21.3 Å². The molecule has 5 rings (SSSR count). The number of halogens is 1. The molecule has 3 heterocycles. The fraction of sp³-hybridized carbons (Fsp3) is 0.0909. The number of aromatic nitrogens is 3. The van der Waals surface area contributed by atoms with Crippen LogP contribution in [-0.2, 0) is 11.3 Å². The van der Waals surface area contributed by atoms with Crippen molar-refractivity contribution in [2.75, 3.05) is 5.32 Å². The van der Waals surface area contributed by atoms with Crippen LogP contribution in [0.5, 0.6) is 0 Å². The zero-order chi connectivity index (χ0) is 22.4. The first kappa shape index (κ1) is 19.5. The zero-order valence-corrected chi connectivity index (χ0v) is 16.7. The van der Waals surface area contributed by atoms with Gasteiger partial charge in [-0.3, -0.25) is 14.2 Å². The number of hydrogen-bond donors (Lipinski definition) is 1. The average molecular weight is 434 g/mol. The number of hydrogen-bond acceptors (Lipinski definition) is 6. The van der Waals surface area contributed by atoms with Gasteiger partial charge in [0.05, 0.1) is 5.69 Å². The van der Waals surface area contributed by atoms with E-state index in [2.05, 4.69) is 10.5 Å². The molecule has 0 spiro atoms. The van der Waals surface area contributed by atoms with Crippen molar-refractivity contribution in [2.24, 2.45) is 0 Å². The van der Waals surface area contributed by atoms with Crippen LogP contribution in [0.3, 0.4) is 0 Å². The van der Waals surface area contributed by atoms with Crippen LogP contribution in [0.15, 0.2) is 73.1 Å². The number of nitrogens with one attached hydrogen (secondary N) is 1. The lowest BCUT2D eigenvalue weighted by Crippen LogP contribution is -2.40. The van der Waals surface area contributed by atoms with Gasteiger partial charge in [0.1, 0.15) is 29.2 Å². The van der Waals surface area contributed by atoms with E-state index in [1.807, 2.05) is 0 Å². The predicted octanol–water partition coefficient (Wildman–Crippen LogP) is 2.97. The molecule has 3 aromatic heterocycles. The highest BCUT2D eigenvalue weighted by Crippen LogP contribution is 2.26. The molecular formula is C22H15FN4O5. The van der Waals surface area contributed by atoms with Crippen LogP contribution >= 0.6 is 0 Å². The molecule has 160 valence electrons. The predicted molar refractivity (Wildman–Crippen MR) is 113 cm³/mol. The van der Waals surface area contributed by atoms with E-state index in [-0.39, 0.29) is 22.6 Å². The molecule has 5 aromatic rings. The Kier molecular flexibility index (Phi) is 4.47. The van der Waals surface area contributed by atoms with Crippen molar-refractivity contribution in [2.45, 2.75) is 13.5 Å². The number of carbonyl (C=O) groups is 1. The van der Waals surface area contributed by atoms with Crippen LogP contribution in [0.4, 0.5) is 10.2 Å². The molecule has 0 aliphatic rings. The molecule has 1 N–H and O–H groups in total. The zero-order valence-electron chi connectivity index (χ0n) is 16.7. The fourth-order valence-electron chi connectivity index (χ4n) is 3.57. The molecule has 0 bridgehead atoms. The molecule has 0 unspecified atom stereocenters. The van der Waals surface area contributed by atoms with E-state index in [4.69, 9.17) is 8.94 Å². The van der Waals surface area contributed by atoms with Gasteiger partial charge in [-0.1, -0.05) is 17.3 Å². The summed E-state index contributed by atoms with van der Waals surface area (Å²) < 4.78 is 26.1. The lowest BCUT2D eigenvalue weighted by Gasteiger charge is -2.11. The lowest BCUT2D eigenvalue weighted by molar-refractivity contribution is -0.116. The maximum atomic E-state index is 13.4. The van der Waals surface area contributed by atoms with Crippen molar-refractivity contribution >= 4 is 33.8 Å². The highest BCUT2D eigenvalue weighted by Gasteiger charge is 2.22. The van der Waals surface area contributed by atoms with Gasteiger partial charge in [-0.25, -0.2) is 13.8 Å². The van der Waals surface area contributed by atoms with Crippen LogP contribution in [0.1, 0.15) is 5.76 Å². The first-order valence-corrected chi connectivity index (χ1v) is 9.58. The van der Waals surface area contributed by atoms with Crippen molar-refractivity contribution in [3.05, 3.63) is 87.0 Å². The van der Waals surface area contributed by atoms with Gasteiger partial charge in [-0.2, -0.15) is 0 Å². The van der Waals surface area contributed by atoms with Gasteiger partial charge in [0.15, 0.2) is 5.82 Å². The van der Waals surface area contributed by atoms with E-state index in [0.29, 0.717) is 16.7 Å². The number of anilines is 1. The summed E-state index contributed by atoms with van der Waals surface area (Å²) in [6.45, 7) is 1.25. The second-order valence-corrected chi connectivity index (χ2v) is 7.13. The molecule has 10 heteroatoms. The minimum Gasteiger partial charge on any atom is -0.449 e. The van der Waals surface area contributed by atoms with Gasteiger partial charge in [-0.15, -0.1) is 0 Å². The van der Waals surface area contributed by atoms with Gasteiger partial charge in [0.2, 0.25) is 11.5 Å². The number of nitrogens with zero attached hydrogens (tertiary/aromatic N) is 3. The third kappa shape index (κ3) is 3.18. The van der Waals surface area contributed by atoms with E-state index in [1.165, 1.54) is 18.2 Å². The molecule has 0 radical (unpaired) electrons. The van der Waals surface area contributed by atoms with Gasteiger partial charge in [0, 0.05) is 11.5 Å². The fourth-order valence-corrected chi connectivity index (χ4v) is 3.57. The van der Waals surface area contributed by atoms with Crippen LogP contribution in [0.2, 0.25) is 0 Å². The first-order valence-electron chi connectivity index (χ1n) is 9.58. The van der Waals surface area contributed by atoms with E-state index < -0.39 is 29.5 Å². The molecule has 0 saturated carbocycles. The number of amides is 1. The normalized spacial score (nSPS) is 11.3. The first-order chi connectivity index (χ1) is 15.4. The monoisotopic (exact) mass is 434 g/mol. The molecule has 0 atom stereocenters. The third-order valence-electron chi connectivity index (χ3n) is 4.94. The molecule has 1 amide bonds. The van der Waals surface area contributed by atoms with E-state index >= 15 is 0 Å². The van der Waals surface area contributed by atoms with Crippen molar-refractivity contribution in [3.8, 4) is 5.69 Å². The summed E-state index contributed by atoms with van der Waals surface area (Å²) in [5.74, 6) is -0.378. The highest BCUT2D eigenvalue weighted by molar-refractivity contribution is 6.03. The molecule has 0 saturated heterocycles. The molecule has 32 heavy (non-hydrogen) atoms. The lowest BCUT2D eigenvalue weighted by atomic mass is 10.2. The summed E-state index contributed by atoms with van der Waals surface area (Å²) in [6.07, 6.45) is 0. The van der Waals surface area contributed by atoms with Crippen LogP contribution < -0.4 is 16.6 Å². The Morgan fingerprint density at radius 3 is 2.59 bits per heavy atom. The second kappa shape index (κ2) is 7.34. The highest BCUT2D eigenvalue weighted by atomic mass is 19.1. The number of para-hydroxylation sites is 1. The molecule has 0 aliphatic carbocycles. The van der Waals surface area contributed by atoms with Crippen molar-refractivity contribution < 1.29 is 18.1 Å². The average Bonchev–Trinajstić information content (AvgIpc) is 3.36. The maximum absolute atomic E-state index is 13.4. The molecule has 0 aliphatic heterocycles. The summed E-state index contributed by atoms with van der Waals surface area (Å²) in [5, 5.41) is 6.77. The van der Waals surface area contributed by atoms with Gasteiger partial charge in [-0.05, 0) is 43.3 Å². The SMILES string of the molecule is Cc1cc(NC(=O)Cn2c(=O)n(-c3ccc(F)cc3)c(=O)c3oc4ccccc4c32)no1. The summed E-state index contributed by atoms with van der Waals surface area (Å²) in [7, 11) is 0. The van der Waals surface area contributed by atoms with E-state index in [9.17, 15) is 18.8 Å². The van der Waals surface area contributed by atoms with E-state index in [1.54, 1.807) is 31.2 Å². The number of benzene rings is 2. The van der Waals surface area contributed by atoms with Crippen molar-refractivity contribution in [3.63, 3.8) is 0 Å². The Bertz CT molecular complexity index is 1610. The van der Waals surface area contributed by atoms with Crippen molar-refractivity contribution in [1.29, 1.82) is 0 Å². The quantitative estimate of drug-likeness (QED) is 0.465. The van der Waals surface area contributed by atoms with Gasteiger partial charge >= 0.3 is 11.2 Å². The number of carbonyl (C=O) groups excluding carboxylic acids is 1. The number of furan rings is 1. The Hall–Kier alpha value is -4.47. The standard InChI is InChI=1S/C22H15FN4O5/c1-12-10-17(25-32-12)24-18(28)11-26-19-15-4-2-3-5-16(15)31-20(19)21(29)27(22(26)30)14-8-6-13(23)7-9-14/h2-10H,11H2,1H3,(H,24,25,28). The van der Waals surface area contributed by atoms with Crippen LogP contribution in [0, 0.1) is 12.7 Å². The number of aryl methyl sites for hydroxylation is 1. The third-order valence-corrected chi connectivity index (χ3v) is 4.94. The Labute approximate surface area is 178 Å². The second-order valence-electron chi connectivity index (χ2n) is 7.13. The molecular weight excluding hydrogens is 419 g/mol. The van der Waals surface area contributed by atoms with Gasteiger partial charge < -0.3 is 14.3 Å². The number of rotatable bonds is 4. The topological polar surface area (TPSA) is 112 Å². The summed E-state index contributed by atoms with van der Waals surface area (Å²) in [5.41, 5.74) is -0.855.